The maximum absolute atomic E-state index is 9.04. The lowest BCUT2D eigenvalue weighted by Gasteiger charge is -2.12. The van der Waals surface area contributed by atoms with E-state index in [2.05, 4.69) is 15.3 Å². The molecule has 2 aromatic carbocycles. The molecule has 0 atom stereocenters. The molecule has 0 aliphatic carbocycles. The third-order valence-corrected chi connectivity index (χ3v) is 4.39. The third-order valence-electron chi connectivity index (χ3n) is 3.56. The second-order valence-electron chi connectivity index (χ2n) is 5.16. The van der Waals surface area contributed by atoms with Crippen LogP contribution in [0.2, 0.25) is 0 Å². The van der Waals surface area contributed by atoms with Crippen molar-refractivity contribution in [3.63, 3.8) is 0 Å². The topological polar surface area (TPSA) is 76.5 Å². The molecule has 0 spiro atoms. The lowest BCUT2D eigenvalue weighted by Crippen LogP contribution is -2.00. The molecule has 1 aromatic heterocycles. The second-order valence-corrected chi connectivity index (χ2v) is 6.23. The van der Waals surface area contributed by atoms with Gasteiger partial charge in [0.25, 0.3) is 0 Å². The van der Waals surface area contributed by atoms with Crippen LogP contribution in [0.1, 0.15) is 0 Å². The molecule has 6 nitrogen and oxygen atoms in total. The highest BCUT2D eigenvalue weighted by Crippen LogP contribution is 2.30. The Labute approximate surface area is 162 Å². The van der Waals surface area contributed by atoms with Gasteiger partial charge in [-0.1, -0.05) is 11.8 Å². The number of nitrogens with zero attached hydrogens (tertiary/aromatic N) is 2. The zero-order valence-corrected chi connectivity index (χ0v) is 16.1. The number of aliphatic hydroxyl groups is 1. The van der Waals surface area contributed by atoms with Crippen molar-refractivity contribution in [1.29, 1.82) is 0 Å². The number of nitrogens with one attached hydrogen (secondary N) is 1. The minimum Gasteiger partial charge on any atom is -0.497 e. The standard InChI is InChI=1S/C18H19N3O3S.ClH/c1-23-13-5-3-12(4-6-13)19-17-15-11-14(24-2)7-8-16(15)20-18(21-17)25-10-9-22;/h3-8,11,22H,9-10H2,1-2H3,(H,19,20,21);1H. The van der Waals surface area contributed by atoms with E-state index >= 15 is 0 Å². The molecule has 138 valence electrons. The van der Waals surface area contributed by atoms with E-state index in [9.17, 15) is 0 Å². The van der Waals surface area contributed by atoms with Crippen molar-refractivity contribution < 1.29 is 14.6 Å². The number of aromatic nitrogens is 2. The van der Waals surface area contributed by atoms with Gasteiger partial charge < -0.3 is 19.9 Å². The molecular formula is C18H20ClN3O3S. The Balaban J connectivity index is 0.00000243. The average Bonchev–Trinajstić information content (AvgIpc) is 2.66. The number of aliphatic hydroxyl groups excluding tert-OH is 1. The summed E-state index contributed by atoms with van der Waals surface area (Å²) in [7, 11) is 3.27. The highest BCUT2D eigenvalue weighted by Gasteiger charge is 2.10. The van der Waals surface area contributed by atoms with Crippen LogP contribution in [0.4, 0.5) is 11.5 Å². The fraction of sp³-hybridized carbons (Fsp3) is 0.222. The van der Waals surface area contributed by atoms with Gasteiger partial charge in [0.1, 0.15) is 17.3 Å². The number of rotatable bonds is 7. The molecule has 3 aromatic rings. The quantitative estimate of drug-likeness (QED) is 0.465. The van der Waals surface area contributed by atoms with E-state index < -0.39 is 0 Å². The summed E-state index contributed by atoms with van der Waals surface area (Å²) in [4.78, 5) is 9.14. The summed E-state index contributed by atoms with van der Waals surface area (Å²) < 4.78 is 10.5. The van der Waals surface area contributed by atoms with Crippen LogP contribution in [-0.2, 0) is 0 Å². The zero-order valence-electron chi connectivity index (χ0n) is 14.4. The maximum Gasteiger partial charge on any atom is 0.190 e. The van der Waals surface area contributed by atoms with Crippen molar-refractivity contribution in [2.75, 3.05) is 31.9 Å². The van der Waals surface area contributed by atoms with E-state index in [1.54, 1.807) is 14.2 Å². The van der Waals surface area contributed by atoms with Gasteiger partial charge in [-0.2, -0.15) is 0 Å². The second kappa shape index (κ2) is 9.47. The molecule has 26 heavy (non-hydrogen) atoms. The number of halogens is 1. The van der Waals surface area contributed by atoms with Gasteiger partial charge in [-0.15, -0.1) is 12.4 Å². The summed E-state index contributed by atoms with van der Waals surface area (Å²) in [5, 5.41) is 13.8. The maximum atomic E-state index is 9.04. The van der Waals surface area contributed by atoms with Crippen LogP contribution in [0.15, 0.2) is 47.6 Å². The van der Waals surface area contributed by atoms with Crippen LogP contribution < -0.4 is 14.8 Å². The number of ether oxygens (including phenoxy) is 2. The lowest BCUT2D eigenvalue weighted by molar-refractivity contribution is 0.322. The van der Waals surface area contributed by atoms with Crippen molar-refractivity contribution in [1.82, 2.24) is 9.97 Å². The molecule has 0 fully saturated rings. The number of hydrogen-bond acceptors (Lipinski definition) is 7. The van der Waals surface area contributed by atoms with Crippen LogP contribution in [0.25, 0.3) is 10.9 Å². The molecule has 3 rings (SSSR count). The molecule has 2 N–H and O–H groups in total. The predicted molar refractivity (Wildman–Crippen MR) is 107 cm³/mol. The Morgan fingerprint density at radius 1 is 1.00 bits per heavy atom. The van der Waals surface area contributed by atoms with Gasteiger partial charge >= 0.3 is 0 Å². The van der Waals surface area contributed by atoms with Crippen molar-refractivity contribution in [2.24, 2.45) is 0 Å². The van der Waals surface area contributed by atoms with Gasteiger partial charge in [-0.3, -0.25) is 0 Å². The Hall–Kier alpha value is -2.22. The highest BCUT2D eigenvalue weighted by molar-refractivity contribution is 7.99. The molecule has 1 heterocycles. The number of fused-ring (bicyclic) bond motifs is 1. The van der Waals surface area contributed by atoms with Crippen molar-refractivity contribution in [3.8, 4) is 11.5 Å². The molecule has 0 unspecified atom stereocenters. The predicted octanol–water partition coefficient (Wildman–Crippen LogP) is 3.90. The first-order chi connectivity index (χ1) is 12.2. The van der Waals surface area contributed by atoms with E-state index in [4.69, 9.17) is 14.6 Å². The number of methoxy groups -OCH3 is 2. The van der Waals surface area contributed by atoms with Crippen LogP contribution in [0.3, 0.4) is 0 Å². The molecule has 0 amide bonds. The zero-order chi connectivity index (χ0) is 17.6. The fourth-order valence-electron chi connectivity index (χ4n) is 2.32. The lowest BCUT2D eigenvalue weighted by atomic mass is 10.2. The van der Waals surface area contributed by atoms with E-state index in [0.717, 1.165) is 28.1 Å². The van der Waals surface area contributed by atoms with Crippen molar-refractivity contribution >= 4 is 46.6 Å². The summed E-state index contributed by atoms with van der Waals surface area (Å²) in [6.07, 6.45) is 0. The number of anilines is 2. The Bertz CT molecular complexity index is 862. The summed E-state index contributed by atoms with van der Waals surface area (Å²) in [6, 6.07) is 13.3. The first-order valence-electron chi connectivity index (χ1n) is 7.74. The first-order valence-corrected chi connectivity index (χ1v) is 8.72. The van der Waals surface area contributed by atoms with Gasteiger partial charge in [0.05, 0.1) is 26.3 Å². The van der Waals surface area contributed by atoms with Crippen molar-refractivity contribution in [2.45, 2.75) is 5.16 Å². The third kappa shape index (κ3) is 4.69. The van der Waals surface area contributed by atoms with Gasteiger partial charge in [0, 0.05) is 16.8 Å². The fourth-order valence-corrected chi connectivity index (χ4v) is 2.91. The molecule has 0 aliphatic heterocycles. The molecule has 0 bridgehead atoms. The monoisotopic (exact) mass is 393 g/mol. The van der Waals surface area contributed by atoms with E-state index in [0.29, 0.717) is 16.7 Å². The van der Waals surface area contributed by atoms with Gasteiger partial charge in [-0.25, -0.2) is 9.97 Å². The Kier molecular flexibility index (Phi) is 7.32. The molecule has 0 radical (unpaired) electrons. The number of benzene rings is 2. The van der Waals surface area contributed by atoms with Crippen LogP contribution >= 0.6 is 24.2 Å². The van der Waals surface area contributed by atoms with E-state index in [1.165, 1.54) is 11.8 Å². The summed E-state index contributed by atoms with van der Waals surface area (Å²) >= 11 is 1.41. The van der Waals surface area contributed by atoms with E-state index in [-0.39, 0.29) is 19.0 Å². The highest BCUT2D eigenvalue weighted by atomic mass is 35.5. The minimum atomic E-state index is 0. The van der Waals surface area contributed by atoms with Crippen LogP contribution in [0, 0.1) is 0 Å². The smallest absolute Gasteiger partial charge is 0.190 e. The summed E-state index contributed by atoms with van der Waals surface area (Å²) in [5.74, 6) is 2.77. The van der Waals surface area contributed by atoms with Crippen molar-refractivity contribution in [3.05, 3.63) is 42.5 Å². The van der Waals surface area contributed by atoms with E-state index in [1.807, 2.05) is 42.5 Å². The van der Waals surface area contributed by atoms with Gasteiger partial charge in [-0.05, 0) is 42.5 Å². The first kappa shape index (κ1) is 20.1. The normalized spacial score (nSPS) is 10.3. The Morgan fingerprint density at radius 3 is 2.35 bits per heavy atom. The molecule has 0 aliphatic rings. The average molecular weight is 394 g/mol. The van der Waals surface area contributed by atoms with Gasteiger partial charge in [0.2, 0.25) is 0 Å². The summed E-state index contributed by atoms with van der Waals surface area (Å²) in [6.45, 7) is 0.0793. The molecule has 8 heteroatoms. The molecule has 0 saturated carbocycles. The molecule has 0 saturated heterocycles. The SMILES string of the molecule is COc1ccc(Nc2nc(SCCO)nc3ccc(OC)cc23)cc1.Cl. The number of hydrogen-bond donors (Lipinski definition) is 2. The largest absolute Gasteiger partial charge is 0.497 e. The minimum absolute atomic E-state index is 0. The Morgan fingerprint density at radius 2 is 1.69 bits per heavy atom. The van der Waals surface area contributed by atoms with Gasteiger partial charge in [0.15, 0.2) is 5.16 Å². The number of thioether (sulfide) groups is 1. The molecular weight excluding hydrogens is 374 g/mol. The summed E-state index contributed by atoms with van der Waals surface area (Å²) in [5.41, 5.74) is 1.70. The van der Waals surface area contributed by atoms with Crippen LogP contribution in [-0.4, -0.2) is 41.7 Å². The van der Waals surface area contributed by atoms with Crippen LogP contribution in [0.5, 0.6) is 11.5 Å².